The van der Waals surface area contributed by atoms with Crippen molar-refractivity contribution < 1.29 is 14.3 Å². The number of carbonyl (C=O) groups excluding carboxylic acids is 1. The van der Waals surface area contributed by atoms with E-state index in [9.17, 15) is 4.79 Å². The number of carbonyl (C=O) groups is 1. The number of morpholine rings is 2. The fraction of sp³-hybridized carbons (Fsp3) is 0.387. The molecule has 3 aliphatic rings. The molecule has 3 aliphatic heterocycles. The van der Waals surface area contributed by atoms with E-state index in [4.69, 9.17) is 24.7 Å². The van der Waals surface area contributed by atoms with Crippen LogP contribution in [0.25, 0.3) is 22.4 Å². The molecule has 0 radical (unpaired) electrons. The first-order valence-electron chi connectivity index (χ1n) is 14.7. The van der Waals surface area contributed by atoms with Gasteiger partial charge in [-0.3, -0.25) is 0 Å². The van der Waals surface area contributed by atoms with Gasteiger partial charge < -0.3 is 29.9 Å². The zero-order valence-corrected chi connectivity index (χ0v) is 23.8. The molecular formula is C31H33N9O3. The number of benzene rings is 2. The number of nitriles is 1. The number of nitrogens with zero attached hydrogens (tertiary/aromatic N) is 7. The number of amides is 2. The largest absolute Gasteiger partial charge is 0.378 e. The smallest absolute Gasteiger partial charge is 0.323 e. The lowest BCUT2D eigenvalue weighted by Crippen LogP contribution is -2.43. The van der Waals surface area contributed by atoms with Crippen LogP contribution >= 0.6 is 0 Å². The molecule has 4 aromatic rings. The summed E-state index contributed by atoms with van der Waals surface area (Å²) in [6, 6.07) is 17.2. The van der Waals surface area contributed by atoms with E-state index in [1.165, 1.54) is 0 Å². The predicted molar refractivity (Wildman–Crippen MR) is 163 cm³/mol. The molecule has 3 saturated heterocycles. The Labute approximate surface area is 249 Å². The zero-order chi connectivity index (χ0) is 29.2. The van der Waals surface area contributed by atoms with E-state index >= 15 is 0 Å². The minimum atomic E-state index is -0.324. The van der Waals surface area contributed by atoms with E-state index in [0.717, 1.165) is 74.7 Å². The highest BCUT2D eigenvalue weighted by Gasteiger charge is 2.35. The topological polar surface area (TPSA) is 133 Å². The molecule has 7 rings (SSSR count). The second kappa shape index (κ2) is 11.9. The Morgan fingerprint density at radius 1 is 0.930 bits per heavy atom. The van der Waals surface area contributed by atoms with Crippen molar-refractivity contribution in [2.45, 2.75) is 38.0 Å². The molecule has 2 amide bonds. The van der Waals surface area contributed by atoms with Crippen LogP contribution in [0.4, 0.5) is 27.7 Å². The first-order valence-corrected chi connectivity index (χ1v) is 14.7. The van der Waals surface area contributed by atoms with Crippen LogP contribution in [0.5, 0.6) is 0 Å². The third kappa shape index (κ3) is 5.82. The monoisotopic (exact) mass is 579 g/mol. The van der Waals surface area contributed by atoms with Gasteiger partial charge in [-0.2, -0.15) is 10.4 Å². The van der Waals surface area contributed by atoms with Gasteiger partial charge in [-0.15, -0.1) is 0 Å². The summed E-state index contributed by atoms with van der Waals surface area (Å²) < 4.78 is 13.3. The number of aromatic nitrogens is 4. The van der Waals surface area contributed by atoms with Crippen molar-refractivity contribution in [3.05, 3.63) is 54.7 Å². The molecule has 12 nitrogen and oxygen atoms in total. The molecule has 5 heterocycles. The summed E-state index contributed by atoms with van der Waals surface area (Å²) in [7, 11) is 0. The maximum absolute atomic E-state index is 12.7. The van der Waals surface area contributed by atoms with E-state index in [1.807, 2.05) is 48.5 Å². The van der Waals surface area contributed by atoms with Crippen molar-refractivity contribution in [3.63, 3.8) is 0 Å². The Morgan fingerprint density at radius 2 is 1.60 bits per heavy atom. The Kier molecular flexibility index (Phi) is 7.49. The van der Waals surface area contributed by atoms with Gasteiger partial charge in [0.1, 0.15) is 5.82 Å². The molecule has 12 heteroatoms. The van der Waals surface area contributed by atoms with Gasteiger partial charge in [-0.1, -0.05) is 0 Å². The Hall–Kier alpha value is -4.73. The standard InChI is InChI=1S/C31H33N9O3/c32-12-1-13-40-30-27(18-33-40)29(39-19-25-10-11-26(20-39)43-25)36-28(37-30)21-2-4-22(5-3-21)34-31(41)35-23-6-8-24(9-7-23)38-14-16-42-17-15-38/h2-9,18,25-26H,1,10-11,13-17,19-20H2,(H2,34,35,41). The minimum absolute atomic E-state index is 0.208. The lowest BCUT2D eigenvalue weighted by atomic mass is 10.2. The number of aryl methyl sites for hydroxylation is 1. The molecule has 2 N–H and O–H groups in total. The van der Waals surface area contributed by atoms with Gasteiger partial charge in [-0.25, -0.2) is 19.4 Å². The van der Waals surface area contributed by atoms with Gasteiger partial charge in [0, 0.05) is 48.8 Å². The van der Waals surface area contributed by atoms with E-state index in [1.54, 1.807) is 10.9 Å². The summed E-state index contributed by atoms with van der Waals surface area (Å²) in [5.41, 5.74) is 4.00. The molecule has 43 heavy (non-hydrogen) atoms. The SMILES string of the molecule is N#CCCn1ncc2c(N3CC4CCC(C3)O4)nc(-c3ccc(NC(=O)Nc4ccc(N5CCOCC5)cc4)cc3)nc21. The summed E-state index contributed by atoms with van der Waals surface area (Å²) in [4.78, 5) is 27.1. The molecule has 2 unspecified atom stereocenters. The van der Waals surface area contributed by atoms with Crippen LogP contribution in [-0.2, 0) is 16.0 Å². The summed E-state index contributed by atoms with van der Waals surface area (Å²) in [5.74, 6) is 1.40. The summed E-state index contributed by atoms with van der Waals surface area (Å²) in [6.07, 6.45) is 4.68. The first kappa shape index (κ1) is 27.1. The van der Waals surface area contributed by atoms with Crippen LogP contribution in [0.3, 0.4) is 0 Å². The summed E-state index contributed by atoms with van der Waals surface area (Å²) in [6.45, 7) is 5.19. The second-order valence-corrected chi connectivity index (χ2v) is 11.0. The van der Waals surface area contributed by atoms with Gasteiger partial charge in [0.15, 0.2) is 11.5 Å². The molecule has 2 aromatic carbocycles. The average Bonchev–Trinajstić information content (AvgIpc) is 3.61. The normalized spacial score (nSPS) is 19.8. The molecule has 0 aliphatic carbocycles. The maximum Gasteiger partial charge on any atom is 0.323 e. The van der Waals surface area contributed by atoms with E-state index < -0.39 is 0 Å². The number of urea groups is 1. The fourth-order valence-electron chi connectivity index (χ4n) is 5.99. The number of anilines is 4. The van der Waals surface area contributed by atoms with Crippen molar-refractivity contribution >= 4 is 39.9 Å². The van der Waals surface area contributed by atoms with Crippen molar-refractivity contribution in [1.82, 2.24) is 19.7 Å². The lowest BCUT2D eigenvalue weighted by molar-refractivity contribution is 0.0303. The number of rotatable bonds is 7. The van der Waals surface area contributed by atoms with Crippen LogP contribution in [-0.4, -0.2) is 77.4 Å². The van der Waals surface area contributed by atoms with Crippen LogP contribution in [0.1, 0.15) is 19.3 Å². The zero-order valence-electron chi connectivity index (χ0n) is 23.8. The highest BCUT2D eigenvalue weighted by molar-refractivity contribution is 6.00. The molecule has 3 fully saturated rings. The van der Waals surface area contributed by atoms with Gasteiger partial charge in [0.25, 0.3) is 0 Å². The van der Waals surface area contributed by atoms with Gasteiger partial charge in [0.05, 0.1) is 56.0 Å². The van der Waals surface area contributed by atoms with Crippen LogP contribution < -0.4 is 20.4 Å². The summed E-state index contributed by atoms with van der Waals surface area (Å²) in [5, 5.41) is 20.3. The van der Waals surface area contributed by atoms with Crippen LogP contribution in [0, 0.1) is 11.3 Å². The highest BCUT2D eigenvalue weighted by Crippen LogP contribution is 2.34. The third-order valence-corrected chi connectivity index (χ3v) is 8.16. The molecule has 2 bridgehead atoms. The van der Waals surface area contributed by atoms with E-state index in [0.29, 0.717) is 35.8 Å². The second-order valence-electron chi connectivity index (χ2n) is 11.0. The average molecular weight is 580 g/mol. The maximum atomic E-state index is 12.7. The molecule has 2 atom stereocenters. The molecule has 2 aromatic heterocycles. The molecule has 220 valence electrons. The number of hydrogen-bond acceptors (Lipinski definition) is 9. The van der Waals surface area contributed by atoms with Crippen molar-refractivity contribution in [3.8, 4) is 17.5 Å². The predicted octanol–water partition coefficient (Wildman–Crippen LogP) is 4.26. The van der Waals surface area contributed by atoms with Crippen molar-refractivity contribution in [1.29, 1.82) is 5.26 Å². The quantitative estimate of drug-likeness (QED) is 0.330. The minimum Gasteiger partial charge on any atom is -0.378 e. The van der Waals surface area contributed by atoms with E-state index in [2.05, 4.69) is 31.6 Å². The first-order chi connectivity index (χ1) is 21.1. The molecule has 0 saturated carbocycles. The van der Waals surface area contributed by atoms with Crippen molar-refractivity contribution in [2.75, 3.05) is 59.8 Å². The number of fused-ring (bicyclic) bond motifs is 3. The van der Waals surface area contributed by atoms with Crippen molar-refractivity contribution in [2.24, 2.45) is 0 Å². The Morgan fingerprint density at radius 3 is 2.28 bits per heavy atom. The Bertz CT molecular complexity index is 1630. The third-order valence-electron chi connectivity index (χ3n) is 8.16. The van der Waals surface area contributed by atoms with Gasteiger partial charge >= 0.3 is 6.03 Å². The highest BCUT2D eigenvalue weighted by atomic mass is 16.5. The summed E-state index contributed by atoms with van der Waals surface area (Å²) >= 11 is 0. The molecular weight excluding hydrogens is 546 g/mol. The van der Waals surface area contributed by atoms with Crippen LogP contribution in [0.2, 0.25) is 0 Å². The fourth-order valence-corrected chi connectivity index (χ4v) is 5.99. The number of ether oxygens (including phenoxy) is 2. The lowest BCUT2D eigenvalue weighted by Gasteiger charge is -2.33. The van der Waals surface area contributed by atoms with Gasteiger partial charge in [-0.05, 0) is 61.4 Å². The number of hydrogen-bond donors (Lipinski definition) is 2. The van der Waals surface area contributed by atoms with E-state index in [-0.39, 0.29) is 18.2 Å². The molecule has 0 spiro atoms. The van der Waals surface area contributed by atoms with Crippen LogP contribution in [0.15, 0.2) is 54.7 Å². The number of nitrogens with one attached hydrogen (secondary N) is 2. The van der Waals surface area contributed by atoms with Gasteiger partial charge in [0.2, 0.25) is 0 Å². The Balaban J connectivity index is 1.08.